The summed E-state index contributed by atoms with van der Waals surface area (Å²) < 4.78 is 0.896. The van der Waals surface area contributed by atoms with E-state index in [2.05, 4.69) is 21.9 Å². The van der Waals surface area contributed by atoms with E-state index in [1.807, 2.05) is 24.3 Å². The third-order valence-corrected chi connectivity index (χ3v) is 2.68. The largest absolute Gasteiger partial charge is 0.480 e. The molecule has 19 heavy (non-hydrogen) atoms. The molecule has 1 N–H and O–H groups in total. The van der Waals surface area contributed by atoms with Crippen molar-refractivity contribution < 1.29 is 14.7 Å². The molecule has 0 fully saturated rings. The number of halogens is 1. The first kappa shape index (κ1) is 15.0. The predicted octanol–water partition coefficient (Wildman–Crippen LogP) is 2.01. The summed E-state index contributed by atoms with van der Waals surface area (Å²) in [4.78, 5) is 23.5. The number of rotatable bonds is 5. The van der Waals surface area contributed by atoms with Crippen LogP contribution in [0.15, 0.2) is 34.8 Å². The van der Waals surface area contributed by atoms with Crippen molar-refractivity contribution in [3.8, 4) is 12.3 Å². The second-order valence-corrected chi connectivity index (χ2v) is 4.60. The van der Waals surface area contributed by atoms with E-state index in [1.165, 1.54) is 6.08 Å². The van der Waals surface area contributed by atoms with Crippen LogP contribution in [0.2, 0.25) is 0 Å². The minimum absolute atomic E-state index is 0.0338. The van der Waals surface area contributed by atoms with Gasteiger partial charge in [-0.2, -0.15) is 0 Å². The molecule has 1 aromatic rings. The van der Waals surface area contributed by atoms with E-state index in [0.29, 0.717) is 0 Å². The Kier molecular flexibility index (Phi) is 5.83. The van der Waals surface area contributed by atoms with Gasteiger partial charge in [0.1, 0.15) is 6.54 Å². The lowest BCUT2D eigenvalue weighted by atomic mass is 10.2. The molecule has 0 aliphatic rings. The number of hydrogen-bond acceptors (Lipinski definition) is 2. The minimum atomic E-state index is -1.10. The Morgan fingerprint density at radius 3 is 2.79 bits per heavy atom. The van der Waals surface area contributed by atoms with Crippen molar-refractivity contribution in [1.29, 1.82) is 0 Å². The number of hydrogen-bond donors (Lipinski definition) is 1. The van der Waals surface area contributed by atoms with E-state index >= 15 is 0 Å². The van der Waals surface area contributed by atoms with Gasteiger partial charge in [0.15, 0.2) is 0 Å². The predicted molar refractivity (Wildman–Crippen MR) is 76.2 cm³/mol. The smallest absolute Gasteiger partial charge is 0.323 e. The molecule has 0 spiro atoms. The molecular formula is C14H12BrNO3. The number of carbonyl (C=O) groups excluding carboxylic acids is 1. The van der Waals surface area contributed by atoms with Gasteiger partial charge in [-0.3, -0.25) is 9.59 Å². The molecule has 0 heterocycles. The average molecular weight is 322 g/mol. The van der Waals surface area contributed by atoms with Crippen molar-refractivity contribution in [2.75, 3.05) is 13.1 Å². The molecule has 0 atom stereocenters. The lowest BCUT2D eigenvalue weighted by molar-refractivity contribution is -0.142. The molecule has 5 heteroatoms. The molecule has 0 aliphatic heterocycles. The number of terminal acetylenes is 1. The van der Waals surface area contributed by atoms with Gasteiger partial charge in [0, 0.05) is 10.5 Å². The second-order valence-electron chi connectivity index (χ2n) is 3.68. The van der Waals surface area contributed by atoms with E-state index in [4.69, 9.17) is 11.5 Å². The first-order valence-electron chi connectivity index (χ1n) is 5.40. The van der Waals surface area contributed by atoms with Gasteiger partial charge >= 0.3 is 5.97 Å². The maximum absolute atomic E-state index is 11.8. The van der Waals surface area contributed by atoms with Gasteiger partial charge < -0.3 is 10.0 Å². The highest BCUT2D eigenvalue weighted by atomic mass is 79.9. The summed E-state index contributed by atoms with van der Waals surface area (Å²) in [5.41, 5.74) is 0.832. The van der Waals surface area contributed by atoms with Gasteiger partial charge in [0.2, 0.25) is 5.91 Å². The zero-order chi connectivity index (χ0) is 14.3. The van der Waals surface area contributed by atoms with Crippen LogP contribution in [0.1, 0.15) is 5.56 Å². The molecule has 1 amide bonds. The van der Waals surface area contributed by atoms with Gasteiger partial charge in [-0.1, -0.05) is 34.0 Å². The van der Waals surface area contributed by atoms with E-state index in [0.717, 1.165) is 14.9 Å². The maximum Gasteiger partial charge on any atom is 0.323 e. The number of nitrogens with zero attached hydrogens (tertiary/aromatic N) is 1. The number of carboxylic acid groups (broad SMARTS) is 1. The highest BCUT2D eigenvalue weighted by Gasteiger charge is 2.12. The van der Waals surface area contributed by atoms with Gasteiger partial charge in [-0.25, -0.2) is 0 Å². The minimum Gasteiger partial charge on any atom is -0.480 e. The number of aliphatic carboxylic acids is 1. The number of amides is 1. The van der Waals surface area contributed by atoms with Gasteiger partial charge in [0.05, 0.1) is 6.54 Å². The first-order chi connectivity index (χ1) is 9.02. The van der Waals surface area contributed by atoms with Crippen molar-refractivity contribution in [2.24, 2.45) is 0 Å². The molecular weight excluding hydrogens is 310 g/mol. The fourth-order valence-electron chi connectivity index (χ4n) is 1.37. The van der Waals surface area contributed by atoms with Crippen LogP contribution in [0.3, 0.4) is 0 Å². The quantitative estimate of drug-likeness (QED) is 0.666. The topological polar surface area (TPSA) is 57.6 Å². The summed E-state index contributed by atoms with van der Waals surface area (Å²) in [6.07, 6.45) is 8.02. The second kappa shape index (κ2) is 7.39. The van der Waals surface area contributed by atoms with Crippen LogP contribution in [-0.4, -0.2) is 35.0 Å². The molecule has 0 bridgehead atoms. The molecule has 0 aliphatic carbocycles. The molecule has 0 saturated carbocycles. The van der Waals surface area contributed by atoms with Crippen molar-refractivity contribution >= 4 is 33.9 Å². The lowest BCUT2D eigenvalue weighted by Gasteiger charge is -2.15. The summed E-state index contributed by atoms with van der Waals surface area (Å²) in [6, 6.07) is 7.38. The highest BCUT2D eigenvalue weighted by Crippen LogP contribution is 2.12. The molecule has 0 saturated heterocycles. The van der Waals surface area contributed by atoms with Crippen molar-refractivity contribution in [3.63, 3.8) is 0 Å². The van der Waals surface area contributed by atoms with Crippen LogP contribution < -0.4 is 0 Å². The van der Waals surface area contributed by atoms with E-state index in [-0.39, 0.29) is 6.54 Å². The van der Waals surface area contributed by atoms with Crippen molar-refractivity contribution in [3.05, 3.63) is 40.4 Å². The van der Waals surface area contributed by atoms with Crippen molar-refractivity contribution in [2.45, 2.75) is 0 Å². The Bertz CT molecular complexity index is 546. The average Bonchev–Trinajstić information content (AvgIpc) is 2.35. The molecule has 0 unspecified atom stereocenters. The monoisotopic (exact) mass is 321 g/mol. The van der Waals surface area contributed by atoms with Gasteiger partial charge in [0.25, 0.3) is 0 Å². The Hall–Kier alpha value is -2.06. The summed E-state index contributed by atoms with van der Waals surface area (Å²) >= 11 is 3.32. The van der Waals surface area contributed by atoms with Gasteiger partial charge in [-0.15, -0.1) is 6.42 Å². The van der Waals surface area contributed by atoms with Crippen LogP contribution in [0.25, 0.3) is 6.08 Å². The normalized spacial score (nSPS) is 10.1. The summed E-state index contributed by atoms with van der Waals surface area (Å²) in [5, 5.41) is 8.69. The van der Waals surface area contributed by atoms with Crippen LogP contribution in [0, 0.1) is 12.3 Å². The molecule has 0 aromatic heterocycles. The third-order valence-electron chi connectivity index (χ3n) is 2.19. The molecule has 98 valence electrons. The fraction of sp³-hybridized carbons (Fsp3) is 0.143. The summed E-state index contributed by atoms with van der Waals surface area (Å²) in [6.45, 7) is -0.445. The van der Waals surface area contributed by atoms with Crippen LogP contribution >= 0.6 is 15.9 Å². The summed E-state index contributed by atoms with van der Waals surface area (Å²) in [7, 11) is 0. The van der Waals surface area contributed by atoms with Crippen LogP contribution in [-0.2, 0) is 9.59 Å². The zero-order valence-electron chi connectivity index (χ0n) is 10.0. The fourth-order valence-corrected chi connectivity index (χ4v) is 1.79. The first-order valence-corrected chi connectivity index (χ1v) is 6.20. The highest BCUT2D eigenvalue weighted by molar-refractivity contribution is 9.10. The molecule has 0 radical (unpaired) electrons. The summed E-state index contributed by atoms with van der Waals surface area (Å²) in [5.74, 6) is 0.734. The Labute approximate surface area is 119 Å². The Balaban J connectivity index is 2.76. The van der Waals surface area contributed by atoms with E-state index in [1.54, 1.807) is 6.08 Å². The number of carboxylic acids is 1. The van der Waals surface area contributed by atoms with E-state index < -0.39 is 18.4 Å². The van der Waals surface area contributed by atoms with Crippen molar-refractivity contribution in [1.82, 2.24) is 4.90 Å². The third kappa shape index (κ3) is 5.40. The SMILES string of the molecule is C#CCN(CC(=O)O)C(=O)C=Cc1cccc(Br)c1. The lowest BCUT2D eigenvalue weighted by Crippen LogP contribution is -2.34. The number of carbonyl (C=O) groups is 2. The van der Waals surface area contributed by atoms with Gasteiger partial charge in [-0.05, 0) is 23.8 Å². The maximum atomic E-state index is 11.8. The molecule has 1 rings (SSSR count). The zero-order valence-corrected chi connectivity index (χ0v) is 11.6. The molecule has 1 aromatic carbocycles. The Morgan fingerprint density at radius 2 is 2.21 bits per heavy atom. The van der Waals surface area contributed by atoms with Crippen LogP contribution in [0.5, 0.6) is 0 Å². The number of benzene rings is 1. The van der Waals surface area contributed by atoms with E-state index in [9.17, 15) is 9.59 Å². The standard InChI is InChI=1S/C14H12BrNO3/c1-2-8-16(10-14(18)19)13(17)7-6-11-4-3-5-12(15)9-11/h1,3-7,9H,8,10H2,(H,18,19). The molecule has 4 nitrogen and oxygen atoms in total. The Morgan fingerprint density at radius 1 is 1.47 bits per heavy atom. The van der Waals surface area contributed by atoms with Crippen LogP contribution in [0.4, 0.5) is 0 Å².